The van der Waals surface area contributed by atoms with Gasteiger partial charge in [0, 0.05) is 25.3 Å². The second-order valence-corrected chi connectivity index (χ2v) is 6.54. The molecule has 0 bridgehead atoms. The Bertz CT molecular complexity index is 713. The lowest BCUT2D eigenvalue weighted by molar-refractivity contribution is -0.133. The van der Waals surface area contributed by atoms with Gasteiger partial charge in [0.1, 0.15) is 5.82 Å². The van der Waals surface area contributed by atoms with Crippen LogP contribution in [0, 0.1) is 5.82 Å². The maximum Gasteiger partial charge on any atom is 0.227 e. The lowest BCUT2D eigenvalue weighted by Crippen LogP contribution is -2.45. The minimum Gasteiger partial charge on any atom is -0.332 e. The van der Waals surface area contributed by atoms with Crippen LogP contribution in [0.5, 0.6) is 0 Å². The second kappa shape index (κ2) is 7.13. The fourth-order valence-electron chi connectivity index (χ4n) is 3.24. The maximum atomic E-state index is 13.9. The van der Waals surface area contributed by atoms with E-state index in [1.54, 1.807) is 24.4 Å². The molecule has 1 amide bonds. The van der Waals surface area contributed by atoms with E-state index in [2.05, 4.69) is 10.00 Å². The van der Waals surface area contributed by atoms with Gasteiger partial charge < -0.3 is 9.80 Å². The summed E-state index contributed by atoms with van der Waals surface area (Å²) in [5, 5.41) is 4.33. The van der Waals surface area contributed by atoms with Gasteiger partial charge in [-0.1, -0.05) is 18.2 Å². The summed E-state index contributed by atoms with van der Waals surface area (Å²) < 4.78 is 15.9. The number of carbonyl (C=O) groups excluding carboxylic acids is 1. The van der Waals surface area contributed by atoms with E-state index in [0.717, 1.165) is 25.2 Å². The van der Waals surface area contributed by atoms with E-state index in [-0.39, 0.29) is 24.2 Å². The number of benzene rings is 1. The Morgan fingerprint density at radius 1 is 1.33 bits per heavy atom. The Morgan fingerprint density at radius 3 is 2.88 bits per heavy atom. The highest BCUT2D eigenvalue weighted by Gasteiger charge is 2.28. The van der Waals surface area contributed by atoms with Gasteiger partial charge in [-0.05, 0) is 38.2 Å². The fraction of sp³-hybridized carbons (Fsp3) is 0.444. The van der Waals surface area contributed by atoms with Crippen molar-refractivity contribution >= 4 is 5.91 Å². The van der Waals surface area contributed by atoms with E-state index >= 15 is 0 Å². The average molecular weight is 330 g/mol. The second-order valence-electron chi connectivity index (χ2n) is 6.54. The number of fused-ring (bicyclic) bond motifs is 1. The lowest BCUT2D eigenvalue weighted by Gasteiger charge is -2.32. The summed E-state index contributed by atoms with van der Waals surface area (Å²) in [6, 6.07) is 8.53. The van der Waals surface area contributed by atoms with Crippen LogP contribution < -0.4 is 0 Å². The van der Waals surface area contributed by atoms with Gasteiger partial charge in [0.05, 0.1) is 18.7 Å². The topological polar surface area (TPSA) is 41.4 Å². The summed E-state index contributed by atoms with van der Waals surface area (Å²) in [6.45, 7) is 2.10. The predicted octanol–water partition coefficient (Wildman–Crippen LogP) is 1.93. The molecule has 0 saturated heterocycles. The van der Waals surface area contributed by atoms with Gasteiger partial charge in [0.2, 0.25) is 5.91 Å². The zero-order valence-electron chi connectivity index (χ0n) is 14.2. The highest BCUT2D eigenvalue weighted by Crippen LogP contribution is 2.20. The first-order valence-electron chi connectivity index (χ1n) is 8.23. The van der Waals surface area contributed by atoms with Crippen LogP contribution in [0.15, 0.2) is 36.5 Å². The lowest BCUT2D eigenvalue weighted by atomic mass is 10.1. The van der Waals surface area contributed by atoms with E-state index in [1.807, 2.05) is 29.7 Å². The van der Waals surface area contributed by atoms with E-state index in [0.29, 0.717) is 12.1 Å². The smallest absolute Gasteiger partial charge is 0.227 e. The molecule has 24 heavy (non-hydrogen) atoms. The van der Waals surface area contributed by atoms with Crippen molar-refractivity contribution in [2.24, 2.45) is 0 Å². The van der Waals surface area contributed by atoms with Crippen molar-refractivity contribution < 1.29 is 9.18 Å². The van der Waals surface area contributed by atoms with Crippen LogP contribution in [0.1, 0.15) is 17.7 Å². The van der Waals surface area contributed by atoms with Gasteiger partial charge in [0.25, 0.3) is 0 Å². The summed E-state index contributed by atoms with van der Waals surface area (Å²) in [6.07, 6.45) is 2.70. The number of amides is 1. The normalized spacial score (nSPS) is 17.7. The van der Waals surface area contributed by atoms with Gasteiger partial charge in [-0.3, -0.25) is 9.48 Å². The molecule has 2 heterocycles. The van der Waals surface area contributed by atoms with Crippen molar-refractivity contribution in [1.82, 2.24) is 19.6 Å². The van der Waals surface area contributed by atoms with Crippen molar-refractivity contribution in [1.29, 1.82) is 0 Å². The van der Waals surface area contributed by atoms with Crippen LogP contribution >= 0.6 is 0 Å². The van der Waals surface area contributed by atoms with Gasteiger partial charge in [-0.25, -0.2) is 4.39 Å². The Balaban J connectivity index is 1.82. The number of likely N-dealkylation sites (N-methyl/N-ethyl adjacent to an activating group) is 1. The monoisotopic (exact) mass is 330 g/mol. The molecule has 1 aromatic heterocycles. The number of carbonyl (C=O) groups is 1. The largest absolute Gasteiger partial charge is 0.332 e. The average Bonchev–Trinajstić information content (AvgIpc) is 2.91. The van der Waals surface area contributed by atoms with Crippen LogP contribution in [0.25, 0.3) is 0 Å². The van der Waals surface area contributed by atoms with Crippen LogP contribution in [0.3, 0.4) is 0 Å². The van der Waals surface area contributed by atoms with Crippen molar-refractivity contribution in [3.8, 4) is 0 Å². The van der Waals surface area contributed by atoms with E-state index in [1.165, 1.54) is 6.07 Å². The summed E-state index contributed by atoms with van der Waals surface area (Å²) in [4.78, 5) is 16.9. The number of aryl methyl sites for hydroxylation is 1. The third-order valence-electron chi connectivity index (χ3n) is 4.45. The first-order chi connectivity index (χ1) is 11.5. The molecular weight excluding hydrogens is 307 g/mol. The molecule has 0 saturated carbocycles. The Morgan fingerprint density at radius 2 is 2.12 bits per heavy atom. The number of hydrogen-bond acceptors (Lipinski definition) is 3. The molecular formula is C18H23FN4O. The summed E-state index contributed by atoms with van der Waals surface area (Å²) >= 11 is 0. The molecule has 128 valence electrons. The van der Waals surface area contributed by atoms with E-state index in [9.17, 15) is 9.18 Å². The highest BCUT2D eigenvalue weighted by atomic mass is 19.1. The molecule has 6 heteroatoms. The molecule has 1 aliphatic rings. The first kappa shape index (κ1) is 16.6. The van der Waals surface area contributed by atoms with Crippen molar-refractivity contribution in [2.75, 3.05) is 20.6 Å². The van der Waals surface area contributed by atoms with Gasteiger partial charge in [-0.15, -0.1) is 0 Å². The molecule has 1 aliphatic heterocycles. The van der Waals surface area contributed by atoms with E-state index in [4.69, 9.17) is 0 Å². The van der Waals surface area contributed by atoms with E-state index < -0.39 is 0 Å². The zero-order chi connectivity index (χ0) is 17.1. The number of rotatable bonds is 4. The van der Waals surface area contributed by atoms with Crippen LogP contribution in [0.4, 0.5) is 4.39 Å². The third kappa shape index (κ3) is 3.64. The molecule has 0 spiro atoms. The molecule has 3 rings (SSSR count). The minimum atomic E-state index is -0.324. The Kier molecular flexibility index (Phi) is 4.94. The maximum absolute atomic E-state index is 13.9. The Labute approximate surface area is 141 Å². The van der Waals surface area contributed by atoms with Gasteiger partial charge in [0.15, 0.2) is 0 Å². The zero-order valence-corrected chi connectivity index (χ0v) is 14.2. The van der Waals surface area contributed by atoms with Crippen molar-refractivity contribution in [2.45, 2.75) is 32.0 Å². The van der Waals surface area contributed by atoms with Crippen LogP contribution in [-0.2, 0) is 24.3 Å². The minimum absolute atomic E-state index is 0.0402. The standard InChI is InChI=1S/C18H23FN4O/c1-21(2)12-15-8-10-23-16(7-9-20-23)13-22(15)18(24)11-14-5-3-4-6-17(14)19/h3-7,9,15H,8,10-13H2,1-2H3/t15-/m0/s1. The molecule has 0 fully saturated rings. The van der Waals surface area contributed by atoms with Crippen molar-refractivity contribution in [3.63, 3.8) is 0 Å². The van der Waals surface area contributed by atoms with Gasteiger partial charge >= 0.3 is 0 Å². The SMILES string of the molecule is CN(C)C[C@@H]1CCn2nccc2CN1C(=O)Cc1ccccc1F. The number of halogens is 1. The number of hydrogen-bond donors (Lipinski definition) is 0. The predicted molar refractivity (Wildman–Crippen MR) is 89.8 cm³/mol. The van der Waals surface area contributed by atoms with Crippen molar-refractivity contribution in [3.05, 3.63) is 53.6 Å². The highest BCUT2D eigenvalue weighted by molar-refractivity contribution is 5.79. The molecule has 1 aromatic carbocycles. The van der Waals surface area contributed by atoms with Gasteiger partial charge in [-0.2, -0.15) is 5.10 Å². The quantitative estimate of drug-likeness (QED) is 0.860. The number of aromatic nitrogens is 2. The fourth-order valence-corrected chi connectivity index (χ4v) is 3.24. The summed E-state index contributed by atoms with van der Waals surface area (Å²) in [7, 11) is 4.01. The van der Waals surface area contributed by atoms with Crippen LogP contribution in [-0.4, -0.2) is 52.2 Å². The summed E-state index contributed by atoms with van der Waals surface area (Å²) in [5.74, 6) is -0.364. The molecule has 1 atom stereocenters. The molecule has 5 nitrogen and oxygen atoms in total. The molecule has 2 aromatic rings. The number of nitrogens with zero attached hydrogens (tertiary/aromatic N) is 4. The first-order valence-corrected chi connectivity index (χ1v) is 8.23. The van der Waals surface area contributed by atoms with Crippen LogP contribution in [0.2, 0.25) is 0 Å². The third-order valence-corrected chi connectivity index (χ3v) is 4.45. The molecule has 0 N–H and O–H groups in total. The molecule has 0 aliphatic carbocycles. The Hall–Kier alpha value is -2.21. The molecule has 0 radical (unpaired) electrons. The summed E-state index contributed by atoms with van der Waals surface area (Å²) in [5.41, 5.74) is 1.47. The molecule has 0 unspecified atom stereocenters.